The Kier molecular flexibility index (Phi) is 4.18. The van der Waals surface area contributed by atoms with Gasteiger partial charge in [0.05, 0.1) is 11.1 Å². The van der Waals surface area contributed by atoms with Crippen LogP contribution >= 0.6 is 11.6 Å². The van der Waals surface area contributed by atoms with Crippen LogP contribution < -0.4 is 5.56 Å². The van der Waals surface area contributed by atoms with E-state index in [2.05, 4.69) is 15.2 Å². The van der Waals surface area contributed by atoms with E-state index in [9.17, 15) is 4.79 Å². The molecule has 0 bridgehead atoms. The van der Waals surface area contributed by atoms with E-state index in [1.807, 2.05) is 48.5 Å². The maximum atomic E-state index is 13.0. The average Bonchev–Trinajstić information content (AvgIpc) is 3.26. The Bertz CT molecular complexity index is 1380. The fourth-order valence-electron chi connectivity index (χ4n) is 3.13. The van der Waals surface area contributed by atoms with Crippen LogP contribution in [0, 0.1) is 0 Å². The molecule has 0 spiro atoms. The molecule has 5 aromatic rings. The van der Waals surface area contributed by atoms with Gasteiger partial charge in [-0.05, 0) is 30.3 Å². The number of rotatable bonds is 3. The molecule has 2 aromatic heterocycles. The van der Waals surface area contributed by atoms with E-state index in [-0.39, 0.29) is 11.4 Å². The predicted molar refractivity (Wildman–Crippen MR) is 111 cm³/mol. The van der Waals surface area contributed by atoms with Crippen LogP contribution in [-0.2, 0) is 0 Å². The number of fused-ring (bicyclic) bond motifs is 1. The minimum absolute atomic E-state index is 0.239. The SMILES string of the molecule is O=c1c2ccccc2c(-c2nc(-c3ccccc3)no2)nn1-c1ccc(Cl)cc1. The molecule has 0 aliphatic carbocycles. The molecule has 29 heavy (non-hydrogen) atoms. The summed E-state index contributed by atoms with van der Waals surface area (Å²) in [5.41, 5.74) is 1.62. The Labute approximate surface area is 170 Å². The molecular weight excluding hydrogens is 388 g/mol. The summed E-state index contributed by atoms with van der Waals surface area (Å²) in [4.78, 5) is 17.5. The van der Waals surface area contributed by atoms with Gasteiger partial charge in [0.2, 0.25) is 5.82 Å². The quantitative estimate of drug-likeness (QED) is 0.436. The number of hydrogen-bond acceptors (Lipinski definition) is 5. The van der Waals surface area contributed by atoms with Crippen LogP contribution in [0.2, 0.25) is 5.02 Å². The van der Waals surface area contributed by atoms with Gasteiger partial charge in [-0.3, -0.25) is 4.79 Å². The van der Waals surface area contributed by atoms with Gasteiger partial charge in [0.25, 0.3) is 11.4 Å². The van der Waals surface area contributed by atoms with E-state index >= 15 is 0 Å². The highest BCUT2D eigenvalue weighted by Crippen LogP contribution is 2.26. The topological polar surface area (TPSA) is 73.8 Å². The Morgan fingerprint density at radius 2 is 1.52 bits per heavy atom. The van der Waals surface area contributed by atoms with Crippen molar-refractivity contribution in [3.63, 3.8) is 0 Å². The number of benzene rings is 3. The van der Waals surface area contributed by atoms with E-state index in [4.69, 9.17) is 16.1 Å². The van der Waals surface area contributed by atoms with E-state index < -0.39 is 0 Å². The summed E-state index contributed by atoms with van der Waals surface area (Å²) in [6.07, 6.45) is 0. The van der Waals surface area contributed by atoms with Gasteiger partial charge in [-0.15, -0.1) is 0 Å². The summed E-state index contributed by atoms with van der Waals surface area (Å²) in [5.74, 6) is 0.693. The van der Waals surface area contributed by atoms with Crippen molar-refractivity contribution in [1.29, 1.82) is 0 Å². The van der Waals surface area contributed by atoms with Gasteiger partial charge in [-0.25, -0.2) is 0 Å². The lowest BCUT2D eigenvalue weighted by molar-refractivity contribution is 0.430. The minimum Gasteiger partial charge on any atom is -0.332 e. The van der Waals surface area contributed by atoms with Gasteiger partial charge in [-0.2, -0.15) is 14.8 Å². The van der Waals surface area contributed by atoms with Crippen LogP contribution in [0.1, 0.15) is 0 Å². The largest absolute Gasteiger partial charge is 0.332 e. The third-order valence-corrected chi connectivity index (χ3v) is 4.79. The zero-order valence-electron chi connectivity index (χ0n) is 15.0. The van der Waals surface area contributed by atoms with Gasteiger partial charge in [-0.1, -0.05) is 65.3 Å². The van der Waals surface area contributed by atoms with Crippen LogP contribution in [0.4, 0.5) is 0 Å². The Hall–Kier alpha value is -3.77. The molecule has 0 aliphatic heterocycles. The first-order valence-corrected chi connectivity index (χ1v) is 9.26. The Morgan fingerprint density at radius 3 is 2.28 bits per heavy atom. The maximum absolute atomic E-state index is 13.0. The summed E-state index contributed by atoms with van der Waals surface area (Å²) < 4.78 is 6.82. The fraction of sp³-hybridized carbons (Fsp3) is 0. The van der Waals surface area contributed by atoms with Gasteiger partial charge in [0.15, 0.2) is 5.69 Å². The van der Waals surface area contributed by atoms with Crippen LogP contribution in [-0.4, -0.2) is 19.9 Å². The summed E-state index contributed by atoms with van der Waals surface area (Å²) in [7, 11) is 0. The second-order valence-electron chi connectivity index (χ2n) is 6.38. The van der Waals surface area contributed by atoms with Crippen LogP contribution in [0.5, 0.6) is 0 Å². The number of halogens is 1. The van der Waals surface area contributed by atoms with Crippen molar-refractivity contribution in [3.05, 3.63) is 94.2 Å². The average molecular weight is 401 g/mol. The molecule has 2 heterocycles. The third-order valence-electron chi connectivity index (χ3n) is 4.54. The molecule has 0 unspecified atom stereocenters. The first kappa shape index (κ1) is 17.3. The van der Waals surface area contributed by atoms with Crippen molar-refractivity contribution in [2.24, 2.45) is 0 Å². The van der Waals surface area contributed by atoms with E-state index in [0.29, 0.717) is 33.0 Å². The second kappa shape index (κ2) is 7.00. The van der Waals surface area contributed by atoms with Crippen molar-refractivity contribution >= 4 is 22.4 Å². The summed E-state index contributed by atoms with van der Waals surface area (Å²) >= 11 is 5.98. The normalized spacial score (nSPS) is 11.1. The smallest absolute Gasteiger partial charge is 0.279 e. The molecule has 0 fully saturated rings. The number of nitrogens with zero attached hydrogens (tertiary/aromatic N) is 4. The highest BCUT2D eigenvalue weighted by Gasteiger charge is 2.18. The molecular formula is C22H13ClN4O2. The van der Waals surface area contributed by atoms with Gasteiger partial charge in [0, 0.05) is 16.0 Å². The molecule has 140 valence electrons. The van der Waals surface area contributed by atoms with Crippen LogP contribution in [0.25, 0.3) is 39.4 Å². The zero-order valence-corrected chi connectivity index (χ0v) is 15.7. The van der Waals surface area contributed by atoms with E-state index in [1.165, 1.54) is 4.68 Å². The van der Waals surface area contributed by atoms with Crippen LogP contribution in [0.3, 0.4) is 0 Å². The standard InChI is InChI=1S/C22H13ClN4O2/c23-15-10-12-16(13-11-15)27-22(28)18-9-5-4-8-17(18)19(25-27)21-24-20(26-29-21)14-6-2-1-3-7-14/h1-13H. The number of hydrogen-bond donors (Lipinski definition) is 0. The molecule has 6 nitrogen and oxygen atoms in total. The first-order chi connectivity index (χ1) is 14.2. The molecule has 0 saturated heterocycles. The highest BCUT2D eigenvalue weighted by atomic mass is 35.5. The third kappa shape index (κ3) is 3.09. The zero-order chi connectivity index (χ0) is 19.8. The lowest BCUT2D eigenvalue weighted by Crippen LogP contribution is -2.22. The van der Waals surface area contributed by atoms with Crippen LogP contribution in [0.15, 0.2) is 88.2 Å². The molecule has 0 amide bonds. The van der Waals surface area contributed by atoms with E-state index in [1.54, 1.807) is 30.3 Å². The van der Waals surface area contributed by atoms with E-state index in [0.717, 1.165) is 5.56 Å². The van der Waals surface area contributed by atoms with Gasteiger partial charge >= 0.3 is 0 Å². The lowest BCUT2D eigenvalue weighted by Gasteiger charge is -2.09. The van der Waals surface area contributed by atoms with Gasteiger partial charge in [0.1, 0.15) is 0 Å². The molecule has 5 rings (SSSR count). The monoisotopic (exact) mass is 400 g/mol. The van der Waals surface area contributed by atoms with Crippen molar-refractivity contribution in [2.75, 3.05) is 0 Å². The second-order valence-corrected chi connectivity index (χ2v) is 6.81. The van der Waals surface area contributed by atoms with Crippen molar-refractivity contribution in [1.82, 2.24) is 19.9 Å². The van der Waals surface area contributed by atoms with Crippen molar-refractivity contribution in [3.8, 4) is 28.7 Å². The predicted octanol–water partition coefficient (Wildman–Crippen LogP) is 4.76. The summed E-state index contributed by atoms with van der Waals surface area (Å²) in [6.45, 7) is 0. The molecule has 0 aliphatic rings. The fourth-order valence-corrected chi connectivity index (χ4v) is 3.25. The summed E-state index contributed by atoms with van der Waals surface area (Å²) in [6, 6.07) is 23.6. The Morgan fingerprint density at radius 1 is 0.828 bits per heavy atom. The molecule has 7 heteroatoms. The lowest BCUT2D eigenvalue weighted by atomic mass is 10.1. The molecule has 3 aromatic carbocycles. The summed E-state index contributed by atoms with van der Waals surface area (Å²) in [5, 5.41) is 10.3. The molecule has 0 saturated carbocycles. The molecule has 0 atom stereocenters. The maximum Gasteiger partial charge on any atom is 0.279 e. The van der Waals surface area contributed by atoms with Crippen molar-refractivity contribution in [2.45, 2.75) is 0 Å². The highest BCUT2D eigenvalue weighted by molar-refractivity contribution is 6.30. The molecule has 0 radical (unpaired) electrons. The number of aromatic nitrogens is 4. The Balaban J connectivity index is 1.74. The van der Waals surface area contributed by atoms with Crippen molar-refractivity contribution < 1.29 is 4.52 Å². The van der Waals surface area contributed by atoms with Gasteiger partial charge < -0.3 is 4.52 Å². The first-order valence-electron chi connectivity index (χ1n) is 8.88. The minimum atomic E-state index is -0.241. The molecule has 0 N–H and O–H groups in total.